The van der Waals surface area contributed by atoms with Gasteiger partial charge in [-0.05, 0) is 38.8 Å². The molecule has 2 rings (SSSR count). The largest absolute Gasteiger partial charge is 0.317 e. The summed E-state index contributed by atoms with van der Waals surface area (Å²) in [5.41, 5.74) is 0. The first-order valence-corrected chi connectivity index (χ1v) is 9.14. The maximum absolute atomic E-state index is 12.6. The molecule has 0 spiro atoms. The lowest BCUT2D eigenvalue weighted by atomic mass is 10.1. The van der Waals surface area contributed by atoms with Crippen LogP contribution in [0.25, 0.3) is 0 Å². The van der Waals surface area contributed by atoms with Gasteiger partial charge in [0.1, 0.15) is 4.90 Å². The van der Waals surface area contributed by atoms with Gasteiger partial charge in [0.05, 0.1) is 6.20 Å². The molecule has 1 aliphatic heterocycles. The Morgan fingerprint density at radius 1 is 1.43 bits per heavy atom. The predicted octanol–water partition coefficient (Wildman–Crippen LogP) is 1.30. The third-order valence-corrected chi connectivity index (χ3v) is 5.87. The lowest BCUT2D eigenvalue weighted by Gasteiger charge is -2.19. The highest BCUT2D eigenvalue weighted by Crippen LogP contribution is 2.28. The quantitative estimate of drug-likeness (QED) is 0.770. The first-order valence-electron chi connectivity index (χ1n) is 7.70. The van der Waals surface area contributed by atoms with E-state index in [1.807, 2.05) is 6.92 Å². The highest BCUT2D eigenvalue weighted by atomic mass is 32.2. The zero-order valence-corrected chi connectivity index (χ0v) is 13.9. The smallest absolute Gasteiger partial charge is 0.246 e. The monoisotopic (exact) mass is 314 g/mol. The lowest BCUT2D eigenvalue weighted by molar-refractivity contribution is 0.405. The van der Waals surface area contributed by atoms with Gasteiger partial charge < -0.3 is 5.32 Å². The van der Waals surface area contributed by atoms with Crippen LogP contribution in [0.3, 0.4) is 0 Å². The van der Waals surface area contributed by atoms with E-state index in [-0.39, 0.29) is 6.04 Å². The molecule has 1 aromatic rings. The Bertz CT molecular complexity index is 555. The van der Waals surface area contributed by atoms with Crippen molar-refractivity contribution in [3.63, 3.8) is 0 Å². The van der Waals surface area contributed by atoms with Gasteiger partial charge in [0, 0.05) is 25.3 Å². The second kappa shape index (κ2) is 6.89. The lowest BCUT2D eigenvalue weighted by Crippen LogP contribution is -2.33. The molecule has 1 aromatic heterocycles. The molecule has 2 unspecified atom stereocenters. The summed E-state index contributed by atoms with van der Waals surface area (Å²) in [5.74, 6) is 0.421. The zero-order valence-electron chi connectivity index (χ0n) is 13.1. The summed E-state index contributed by atoms with van der Waals surface area (Å²) in [6.45, 7) is 9.33. The molecule has 0 amide bonds. The molecule has 21 heavy (non-hydrogen) atoms. The second-order valence-electron chi connectivity index (χ2n) is 5.91. The van der Waals surface area contributed by atoms with Crippen LogP contribution in [-0.4, -0.2) is 48.2 Å². The second-order valence-corrected chi connectivity index (χ2v) is 7.80. The minimum atomic E-state index is -3.40. The summed E-state index contributed by atoms with van der Waals surface area (Å²) in [6.07, 6.45) is 4.98. The van der Waals surface area contributed by atoms with E-state index in [1.54, 1.807) is 15.2 Å². The SMILES string of the molecule is CCNCCCn1cc(S(=O)(=O)N2CC(C)CC2C)cn1. The highest BCUT2D eigenvalue weighted by Gasteiger charge is 2.36. The van der Waals surface area contributed by atoms with Crippen molar-refractivity contribution in [2.45, 2.75) is 51.1 Å². The fourth-order valence-electron chi connectivity index (χ4n) is 2.87. The van der Waals surface area contributed by atoms with E-state index in [4.69, 9.17) is 0 Å². The summed E-state index contributed by atoms with van der Waals surface area (Å²) in [7, 11) is -3.40. The summed E-state index contributed by atoms with van der Waals surface area (Å²) in [5, 5.41) is 7.42. The summed E-state index contributed by atoms with van der Waals surface area (Å²) in [4.78, 5) is 0.312. The van der Waals surface area contributed by atoms with Gasteiger partial charge >= 0.3 is 0 Å². The van der Waals surface area contributed by atoms with Gasteiger partial charge in [0.2, 0.25) is 10.0 Å². The molecule has 0 saturated carbocycles. The van der Waals surface area contributed by atoms with E-state index in [1.165, 1.54) is 6.20 Å². The number of rotatable bonds is 7. The van der Waals surface area contributed by atoms with E-state index >= 15 is 0 Å². The van der Waals surface area contributed by atoms with Gasteiger partial charge in [-0.1, -0.05) is 13.8 Å². The molecule has 1 N–H and O–H groups in total. The van der Waals surface area contributed by atoms with Crippen LogP contribution in [0.1, 0.15) is 33.6 Å². The molecule has 6 nitrogen and oxygen atoms in total. The number of hydrogen-bond donors (Lipinski definition) is 1. The average Bonchev–Trinajstić information content (AvgIpc) is 3.02. The summed E-state index contributed by atoms with van der Waals surface area (Å²) in [6, 6.07) is 0.0714. The third kappa shape index (κ3) is 3.84. The number of aryl methyl sites for hydroxylation is 1. The Labute approximate surface area is 127 Å². The van der Waals surface area contributed by atoms with Gasteiger partial charge in [-0.25, -0.2) is 8.42 Å². The molecular weight excluding hydrogens is 288 g/mol. The minimum absolute atomic E-state index is 0.0714. The van der Waals surface area contributed by atoms with E-state index in [9.17, 15) is 8.42 Å². The van der Waals surface area contributed by atoms with Gasteiger partial charge in [0.15, 0.2) is 0 Å². The molecule has 120 valence electrons. The van der Waals surface area contributed by atoms with Crippen LogP contribution in [0.2, 0.25) is 0 Å². The van der Waals surface area contributed by atoms with E-state index in [0.717, 1.165) is 32.5 Å². The van der Waals surface area contributed by atoms with E-state index < -0.39 is 10.0 Å². The van der Waals surface area contributed by atoms with Gasteiger partial charge in [-0.2, -0.15) is 9.40 Å². The molecule has 0 bridgehead atoms. The Morgan fingerprint density at radius 3 is 2.81 bits per heavy atom. The molecular formula is C14H26N4O2S. The van der Waals surface area contributed by atoms with E-state index in [0.29, 0.717) is 17.4 Å². The van der Waals surface area contributed by atoms with Gasteiger partial charge in [-0.15, -0.1) is 0 Å². The van der Waals surface area contributed by atoms with Crippen molar-refractivity contribution >= 4 is 10.0 Å². The van der Waals surface area contributed by atoms with Crippen LogP contribution < -0.4 is 5.32 Å². The maximum atomic E-state index is 12.6. The molecule has 2 heterocycles. The number of sulfonamides is 1. The fourth-order valence-corrected chi connectivity index (χ4v) is 4.59. The standard InChI is InChI=1S/C14H26N4O2S/c1-4-15-6-5-7-17-11-14(9-16-17)21(19,20)18-10-12(2)8-13(18)3/h9,11-13,15H,4-8,10H2,1-3H3. The number of aromatic nitrogens is 2. The Balaban J connectivity index is 2.02. The van der Waals surface area contributed by atoms with Crippen molar-refractivity contribution in [3.05, 3.63) is 12.4 Å². The number of hydrogen-bond acceptors (Lipinski definition) is 4. The van der Waals surface area contributed by atoms with Crippen molar-refractivity contribution in [1.82, 2.24) is 19.4 Å². The molecule has 0 radical (unpaired) electrons. The van der Waals surface area contributed by atoms with Crippen LogP contribution in [0.15, 0.2) is 17.3 Å². The van der Waals surface area contributed by atoms with Crippen LogP contribution in [-0.2, 0) is 16.6 Å². The predicted molar refractivity (Wildman–Crippen MR) is 82.5 cm³/mol. The van der Waals surface area contributed by atoms with Crippen molar-refractivity contribution in [2.24, 2.45) is 5.92 Å². The Kier molecular flexibility index (Phi) is 5.40. The molecule has 2 atom stereocenters. The van der Waals surface area contributed by atoms with Gasteiger partial charge in [-0.3, -0.25) is 4.68 Å². The number of nitrogens with zero attached hydrogens (tertiary/aromatic N) is 3. The first-order chi connectivity index (χ1) is 9.95. The molecule has 1 aliphatic rings. The number of nitrogens with one attached hydrogen (secondary N) is 1. The van der Waals surface area contributed by atoms with E-state index in [2.05, 4.69) is 24.3 Å². The molecule has 0 aromatic carbocycles. The molecule has 0 aliphatic carbocycles. The van der Waals surface area contributed by atoms with Crippen LogP contribution >= 0.6 is 0 Å². The van der Waals surface area contributed by atoms with Crippen LogP contribution in [0.5, 0.6) is 0 Å². The summed E-state index contributed by atoms with van der Waals surface area (Å²) >= 11 is 0. The minimum Gasteiger partial charge on any atom is -0.317 e. The third-order valence-electron chi connectivity index (χ3n) is 3.93. The molecule has 1 fully saturated rings. The molecule has 1 saturated heterocycles. The highest BCUT2D eigenvalue weighted by molar-refractivity contribution is 7.89. The fraction of sp³-hybridized carbons (Fsp3) is 0.786. The zero-order chi connectivity index (χ0) is 15.5. The van der Waals surface area contributed by atoms with Crippen LogP contribution in [0, 0.1) is 5.92 Å². The van der Waals surface area contributed by atoms with Crippen molar-refractivity contribution in [1.29, 1.82) is 0 Å². The summed E-state index contributed by atoms with van der Waals surface area (Å²) < 4.78 is 28.6. The maximum Gasteiger partial charge on any atom is 0.246 e. The first kappa shape index (κ1) is 16.5. The molecule has 7 heteroatoms. The van der Waals surface area contributed by atoms with Crippen molar-refractivity contribution < 1.29 is 8.42 Å². The topological polar surface area (TPSA) is 67.2 Å². The van der Waals surface area contributed by atoms with Crippen molar-refractivity contribution in [3.8, 4) is 0 Å². The van der Waals surface area contributed by atoms with Gasteiger partial charge in [0.25, 0.3) is 0 Å². The average molecular weight is 314 g/mol. The Hall–Kier alpha value is -0.920. The Morgan fingerprint density at radius 2 is 2.19 bits per heavy atom. The van der Waals surface area contributed by atoms with Crippen LogP contribution in [0.4, 0.5) is 0 Å². The normalized spacial score (nSPS) is 23.8. The van der Waals surface area contributed by atoms with Crippen molar-refractivity contribution in [2.75, 3.05) is 19.6 Å².